The molecule has 0 aliphatic carbocycles. The third-order valence-corrected chi connectivity index (χ3v) is 7.65. The average molecular weight is 502 g/mol. The lowest BCUT2D eigenvalue weighted by atomic mass is 10.1. The number of carbonyl (C=O) groups excluding carboxylic acids is 2. The SMILES string of the molecule is CCNS(=O)(=O)c1ccc(CCC(=O)N(Cc2ccccc2)C(C)C(=O)NCC2CCCO2)cc1. The maximum atomic E-state index is 13.3. The van der Waals surface area contributed by atoms with Gasteiger partial charge in [-0.25, -0.2) is 13.1 Å². The standard InChI is InChI=1S/C26H35N3O5S/c1-3-28-35(32,33)24-14-11-21(12-15-24)13-16-25(30)29(19-22-8-5-4-6-9-22)20(2)26(31)27-18-23-10-7-17-34-23/h4-6,8-9,11-12,14-15,20,23,28H,3,7,10,13,16-19H2,1-2H3,(H,27,31). The van der Waals surface area contributed by atoms with Gasteiger partial charge in [0.2, 0.25) is 21.8 Å². The van der Waals surface area contributed by atoms with Crippen LogP contribution in [0.15, 0.2) is 59.5 Å². The molecule has 0 saturated carbocycles. The molecule has 3 rings (SSSR count). The van der Waals surface area contributed by atoms with Gasteiger partial charge in [-0.3, -0.25) is 9.59 Å². The van der Waals surface area contributed by atoms with E-state index < -0.39 is 16.1 Å². The van der Waals surface area contributed by atoms with E-state index in [2.05, 4.69) is 10.0 Å². The van der Waals surface area contributed by atoms with Crippen LogP contribution in [0.4, 0.5) is 0 Å². The summed E-state index contributed by atoms with van der Waals surface area (Å²) in [6, 6.07) is 15.5. The number of nitrogens with one attached hydrogen (secondary N) is 2. The molecule has 2 aromatic carbocycles. The van der Waals surface area contributed by atoms with Crippen molar-refractivity contribution in [1.82, 2.24) is 14.9 Å². The fourth-order valence-electron chi connectivity index (χ4n) is 4.03. The number of benzene rings is 2. The number of aryl methyl sites for hydroxylation is 1. The van der Waals surface area contributed by atoms with Crippen molar-refractivity contribution in [2.45, 2.75) is 63.1 Å². The molecule has 8 nitrogen and oxygen atoms in total. The number of carbonyl (C=O) groups is 2. The first-order valence-electron chi connectivity index (χ1n) is 12.1. The zero-order chi connectivity index (χ0) is 25.3. The van der Waals surface area contributed by atoms with E-state index >= 15 is 0 Å². The molecule has 2 atom stereocenters. The minimum absolute atomic E-state index is 0.0312. The van der Waals surface area contributed by atoms with E-state index in [-0.39, 0.29) is 29.2 Å². The molecule has 1 heterocycles. The van der Waals surface area contributed by atoms with Crippen LogP contribution in [0.5, 0.6) is 0 Å². The normalized spacial score (nSPS) is 16.6. The van der Waals surface area contributed by atoms with Crippen molar-refractivity contribution in [2.75, 3.05) is 19.7 Å². The number of amides is 2. The molecule has 0 radical (unpaired) electrons. The lowest BCUT2D eigenvalue weighted by molar-refractivity contribution is -0.140. The Morgan fingerprint density at radius 3 is 2.43 bits per heavy atom. The summed E-state index contributed by atoms with van der Waals surface area (Å²) in [5.74, 6) is -0.347. The Morgan fingerprint density at radius 1 is 1.09 bits per heavy atom. The monoisotopic (exact) mass is 501 g/mol. The van der Waals surface area contributed by atoms with Gasteiger partial charge in [0.1, 0.15) is 6.04 Å². The molecule has 9 heteroatoms. The van der Waals surface area contributed by atoms with Crippen molar-refractivity contribution in [3.63, 3.8) is 0 Å². The van der Waals surface area contributed by atoms with Crippen molar-refractivity contribution in [1.29, 1.82) is 0 Å². The molecule has 2 N–H and O–H groups in total. The molecule has 0 spiro atoms. The lowest BCUT2D eigenvalue weighted by Gasteiger charge is -2.29. The molecule has 190 valence electrons. The fraction of sp³-hybridized carbons (Fsp3) is 0.462. The molecule has 1 aliphatic rings. The highest BCUT2D eigenvalue weighted by Gasteiger charge is 2.27. The third-order valence-electron chi connectivity index (χ3n) is 6.09. The smallest absolute Gasteiger partial charge is 0.242 e. The van der Waals surface area contributed by atoms with Gasteiger partial charge in [0, 0.05) is 32.7 Å². The van der Waals surface area contributed by atoms with Crippen LogP contribution in [-0.2, 0) is 37.3 Å². The van der Waals surface area contributed by atoms with Crippen LogP contribution < -0.4 is 10.0 Å². The minimum Gasteiger partial charge on any atom is -0.376 e. The van der Waals surface area contributed by atoms with Crippen molar-refractivity contribution in [2.24, 2.45) is 0 Å². The van der Waals surface area contributed by atoms with E-state index in [9.17, 15) is 18.0 Å². The van der Waals surface area contributed by atoms with Crippen LogP contribution in [-0.4, -0.2) is 57.0 Å². The minimum atomic E-state index is -3.52. The number of sulfonamides is 1. The van der Waals surface area contributed by atoms with Gasteiger partial charge in [-0.2, -0.15) is 0 Å². The second-order valence-electron chi connectivity index (χ2n) is 8.71. The Balaban J connectivity index is 1.64. The predicted molar refractivity (Wildman–Crippen MR) is 134 cm³/mol. The van der Waals surface area contributed by atoms with E-state index in [1.165, 1.54) is 0 Å². The molecule has 2 unspecified atom stereocenters. The second kappa shape index (κ2) is 12.8. The lowest BCUT2D eigenvalue weighted by Crippen LogP contribution is -2.49. The Kier molecular flexibility index (Phi) is 9.83. The Morgan fingerprint density at radius 2 is 1.80 bits per heavy atom. The molecule has 2 amide bonds. The highest BCUT2D eigenvalue weighted by atomic mass is 32.2. The van der Waals surface area contributed by atoms with Crippen molar-refractivity contribution >= 4 is 21.8 Å². The number of rotatable bonds is 12. The molecule has 1 saturated heterocycles. The predicted octanol–water partition coefficient (Wildman–Crippen LogP) is 2.63. The molecule has 0 bridgehead atoms. The molecular weight excluding hydrogens is 466 g/mol. The summed E-state index contributed by atoms with van der Waals surface area (Å²) in [6.07, 6.45) is 2.60. The quantitative estimate of drug-likeness (QED) is 0.465. The maximum Gasteiger partial charge on any atom is 0.242 e. The third kappa shape index (κ3) is 7.88. The van der Waals surface area contributed by atoms with Crippen molar-refractivity contribution in [3.05, 3.63) is 65.7 Å². The van der Waals surface area contributed by atoms with E-state index in [1.54, 1.807) is 43.0 Å². The number of ether oxygens (including phenoxy) is 1. The van der Waals surface area contributed by atoms with Crippen LogP contribution in [0, 0.1) is 0 Å². The number of hydrogen-bond acceptors (Lipinski definition) is 5. The van der Waals surface area contributed by atoms with Crippen molar-refractivity contribution in [3.8, 4) is 0 Å². The molecule has 1 fully saturated rings. The summed E-state index contributed by atoms with van der Waals surface area (Å²) in [5, 5.41) is 2.93. The van der Waals surface area contributed by atoms with Crippen LogP contribution >= 0.6 is 0 Å². The largest absolute Gasteiger partial charge is 0.376 e. The van der Waals surface area contributed by atoms with Gasteiger partial charge in [0.15, 0.2) is 0 Å². The Hall–Kier alpha value is -2.75. The zero-order valence-electron chi connectivity index (χ0n) is 20.4. The van der Waals surface area contributed by atoms with E-state index in [0.29, 0.717) is 26.1 Å². The summed E-state index contributed by atoms with van der Waals surface area (Å²) in [5.41, 5.74) is 1.79. The van der Waals surface area contributed by atoms with E-state index in [0.717, 1.165) is 30.6 Å². The van der Waals surface area contributed by atoms with Gasteiger partial charge >= 0.3 is 0 Å². The van der Waals surface area contributed by atoms with E-state index in [1.807, 2.05) is 30.3 Å². The molecule has 35 heavy (non-hydrogen) atoms. The second-order valence-corrected chi connectivity index (χ2v) is 10.5. The van der Waals surface area contributed by atoms with Gasteiger partial charge in [-0.05, 0) is 49.4 Å². The molecular formula is C26H35N3O5S. The van der Waals surface area contributed by atoms with Gasteiger partial charge in [0.25, 0.3) is 0 Å². The first-order chi connectivity index (χ1) is 16.8. The maximum absolute atomic E-state index is 13.3. The van der Waals surface area contributed by atoms with Gasteiger partial charge in [0.05, 0.1) is 11.0 Å². The van der Waals surface area contributed by atoms with Crippen molar-refractivity contribution < 1.29 is 22.7 Å². The summed E-state index contributed by atoms with van der Waals surface area (Å²) in [4.78, 5) is 27.9. The molecule has 2 aromatic rings. The Labute approximate surface area is 208 Å². The summed E-state index contributed by atoms with van der Waals surface area (Å²) in [7, 11) is -3.52. The van der Waals surface area contributed by atoms with Gasteiger partial charge < -0.3 is 15.0 Å². The number of hydrogen-bond donors (Lipinski definition) is 2. The highest BCUT2D eigenvalue weighted by Crippen LogP contribution is 2.16. The molecule has 0 aromatic heterocycles. The van der Waals surface area contributed by atoms with Crippen LogP contribution in [0.1, 0.15) is 44.2 Å². The van der Waals surface area contributed by atoms with Gasteiger partial charge in [-0.15, -0.1) is 0 Å². The summed E-state index contributed by atoms with van der Waals surface area (Å²) in [6.45, 7) is 5.27. The summed E-state index contributed by atoms with van der Waals surface area (Å²) >= 11 is 0. The van der Waals surface area contributed by atoms with Gasteiger partial charge in [-0.1, -0.05) is 49.4 Å². The van der Waals surface area contributed by atoms with E-state index in [4.69, 9.17) is 4.74 Å². The summed E-state index contributed by atoms with van der Waals surface area (Å²) < 4.78 is 32.3. The first kappa shape index (κ1) is 26.8. The molecule has 1 aliphatic heterocycles. The topological polar surface area (TPSA) is 105 Å². The zero-order valence-corrected chi connectivity index (χ0v) is 21.2. The van der Waals surface area contributed by atoms with Crippen LogP contribution in [0.2, 0.25) is 0 Å². The average Bonchev–Trinajstić information content (AvgIpc) is 3.38. The number of nitrogens with zero attached hydrogens (tertiary/aromatic N) is 1. The Bertz CT molecular complexity index is 1070. The highest BCUT2D eigenvalue weighted by molar-refractivity contribution is 7.89. The van der Waals surface area contributed by atoms with Crippen LogP contribution in [0.3, 0.4) is 0 Å². The van der Waals surface area contributed by atoms with Crippen LogP contribution in [0.25, 0.3) is 0 Å². The first-order valence-corrected chi connectivity index (χ1v) is 13.6. The fourth-order valence-corrected chi connectivity index (χ4v) is 5.07.